The van der Waals surface area contributed by atoms with E-state index in [4.69, 9.17) is 5.73 Å². The second-order valence-corrected chi connectivity index (χ2v) is 2.77. The van der Waals surface area contributed by atoms with Gasteiger partial charge in [0, 0.05) is 18.8 Å². The van der Waals surface area contributed by atoms with Crippen molar-refractivity contribution in [3.63, 3.8) is 0 Å². The lowest BCUT2D eigenvalue weighted by Crippen LogP contribution is -1.98. The molecule has 3 heteroatoms. The van der Waals surface area contributed by atoms with Gasteiger partial charge in [0.1, 0.15) is 0 Å². The minimum atomic E-state index is 0.604. The smallest absolute Gasteiger partial charge is 0.0954 e. The maximum atomic E-state index is 5.32. The SMILES string of the molecule is Cc1ncn(C/C=C/CN)c1C. The van der Waals surface area contributed by atoms with E-state index in [0.717, 1.165) is 12.2 Å². The van der Waals surface area contributed by atoms with E-state index in [1.165, 1.54) is 5.69 Å². The van der Waals surface area contributed by atoms with Gasteiger partial charge in [0.15, 0.2) is 0 Å². The number of nitrogens with zero attached hydrogens (tertiary/aromatic N) is 2. The first-order valence-electron chi connectivity index (χ1n) is 4.09. The topological polar surface area (TPSA) is 43.8 Å². The Morgan fingerprint density at radius 3 is 2.75 bits per heavy atom. The highest BCUT2D eigenvalue weighted by Crippen LogP contribution is 2.03. The van der Waals surface area contributed by atoms with Crippen molar-refractivity contribution in [2.45, 2.75) is 20.4 Å². The molecule has 1 aromatic rings. The van der Waals surface area contributed by atoms with Crippen LogP contribution < -0.4 is 5.73 Å². The molecule has 66 valence electrons. The van der Waals surface area contributed by atoms with E-state index in [-0.39, 0.29) is 0 Å². The van der Waals surface area contributed by atoms with E-state index in [0.29, 0.717) is 6.54 Å². The van der Waals surface area contributed by atoms with E-state index in [9.17, 15) is 0 Å². The number of aryl methyl sites for hydroxylation is 1. The van der Waals surface area contributed by atoms with Crippen molar-refractivity contribution in [2.75, 3.05) is 6.54 Å². The van der Waals surface area contributed by atoms with Crippen molar-refractivity contribution in [1.82, 2.24) is 9.55 Å². The van der Waals surface area contributed by atoms with Crippen LogP contribution in [0.2, 0.25) is 0 Å². The largest absolute Gasteiger partial charge is 0.331 e. The Bertz CT molecular complexity index is 273. The summed E-state index contributed by atoms with van der Waals surface area (Å²) in [5, 5.41) is 0. The lowest BCUT2D eigenvalue weighted by Gasteiger charge is -1.99. The normalized spacial score (nSPS) is 11.2. The molecule has 0 saturated heterocycles. The van der Waals surface area contributed by atoms with Crippen molar-refractivity contribution in [2.24, 2.45) is 5.73 Å². The van der Waals surface area contributed by atoms with E-state index in [1.807, 2.05) is 25.4 Å². The first-order chi connectivity index (χ1) is 5.75. The Morgan fingerprint density at radius 2 is 2.25 bits per heavy atom. The summed E-state index contributed by atoms with van der Waals surface area (Å²) in [6.07, 6.45) is 5.86. The summed E-state index contributed by atoms with van der Waals surface area (Å²) in [4.78, 5) is 4.19. The fourth-order valence-electron chi connectivity index (χ4n) is 1.01. The average molecular weight is 165 g/mol. The lowest BCUT2D eigenvalue weighted by atomic mass is 10.4. The zero-order chi connectivity index (χ0) is 8.97. The van der Waals surface area contributed by atoms with Crippen molar-refractivity contribution in [3.05, 3.63) is 29.9 Å². The summed E-state index contributed by atoms with van der Waals surface area (Å²) in [5.74, 6) is 0. The second-order valence-electron chi connectivity index (χ2n) is 2.77. The van der Waals surface area contributed by atoms with Crippen LogP contribution >= 0.6 is 0 Å². The molecule has 0 unspecified atom stereocenters. The third-order valence-corrected chi connectivity index (χ3v) is 1.95. The molecule has 3 nitrogen and oxygen atoms in total. The van der Waals surface area contributed by atoms with Gasteiger partial charge >= 0.3 is 0 Å². The van der Waals surface area contributed by atoms with Crippen molar-refractivity contribution in [3.8, 4) is 0 Å². The number of rotatable bonds is 3. The van der Waals surface area contributed by atoms with E-state index in [1.54, 1.807) is 0 Å². The van der Waals surface area contributed by atoms with Gasteiger partial charge in [0.05, 0.1) is 12.0 Å². The highest BCUT2D eigenvalue weighted by atomic mass is 15.0. The van der Waals surface area contributed by atoms with Crippen LogP contribution in [0, 0.1) is 13.8 Å². The van der Waals surface area contributed by atoms with Crippen LogP contribution in [0.25, 0.3) is 0 Å². The van der Waals surface area contributed by atoms with Crippen LogP contribution in [0.3, 0.4) is 0 Å². The summed E-state index contributed by atoms with van der Waals surface area (Å²) in [6, 6.07) is 0. The van der Waals surface area contributed by atoms with Gasteiger partial charge in [-0.2, -0.15) is 0 Å². The van der Waals surface area contributed by atoms with Crippen LogP contribution in [-0.4, -0.2) is 16.1 Å². The molecule has 1 heterocycles. The summed E-state index contributed by atoms with van der Waals surface area (Å²) in [5.41, 5.74) is 7.64. The van der Waals surface area contributed by atoms with E-state index in [2.05, 4.69) is 16.5 Å². The predicted octanol–water partition coefficient (Wildman–Crippen LogP) is 1.01. The number of nitrogens with two attached hydrogens (primary N) is 1. The first-order valence-corrected chi connectivity index (χ1v) is 4.09. The molecular formula is C9H15N3. The van der Waals surface area contributed by atoms with E-state index >= 15 is 0 Å². The summed E-state index contributed by atoms with van der Waals surface area (Å²) >= 11 is 0. The number of hydrogen-bond acceptors (Lipinski definition) is 2. The van der Waals surface area contributed by atoms with E-state index < -0.39 is 0 Å². The van der Waals surface area contributed by atoms with Gasteiger partial charge in [-0.05, 0) is 13.8 Å². The molecule has 0 saturated carbocycles. The molecule has 0 fully saturated rings. The minimum Gasteiger partial charge on any atom is -0.331 e. The van der Waals surface area contributed by atoms with Gasteiger partial charge in [-0.1, -0.05) is 12.2 Å². The van der Waals surface area contributed by atoms with Crippen LogP contribution in [-0.2, 0) is 6.54 Å². The molecule has 0 aromatic carbocycles. The molecule has 0 aliphatic heterocycles. The molecule has 0 radical (unpaired) electrons. The Labute approximate surface area is 72.9 Å². The molecule has 0 amide bonds. The van der Waals surface area contributed by atoms with Crippen molar-refractivity contribution in [1.29, 1.82) is 0 Å². The highest BCUT2D eigenvalue weighted by Gasteiger charge is 1.98. The Balaban J connectivity index is 2.63. The maximum absolute atomic E-state index is 5.32. The molecule has 0 aliphatic rings. The average Bonchev–Trinajstić information content (AvgIpc) is 2.36. The molecule has 0 aliphatic carbocycles. The van der Waals surface area contributed by atoms with Crippen LogP contribution in [0.5, 0.6) is 0 Å². The van der Waals surface area contributed by atoms with Crippen molar-refractivity contribution < 1.29 is 0 Å². The fourth-order valence-corrected chi connectivity index (χ4v) is 1.01. The zero-order valence-electron chi connectivity index (χ0n) is 7.62. The highest BCUT2D eigenvalue weighted by molar-refractivity contribution is 5.09. The predicted molar refractivity (Wildman–Crippen MR) is 49.9 cm³/mol. The molecule has 2 N–H and O–H groups in total. The van der Waals surface area contributed by atoms with Gasteiger partial charge in [-0.15, -0.1) is 0 Å². The summed E-state index contributed by atoms with van der Waals surface area (Å²) < 4.78 is 2.10. The molecule has 1 rings (SSSR count). The second kappa shape index (κ2) is 4.07. The van der Waals surface area contributed by atoms with Crippen LogP contribution in [0.15, 0.2) is 18.5 Å². The van der Waals surface area contributed by atoms with Crippen molar-refractivity contribution >= 4 is 0 Å². The maximum Gasteiger partial charge on any atom is 0.0954 e. The van der Waals surface area contributed by atoms with Gasteiger partial charge in [-0.25, -0.2) is 4.98 Å². The zero-order valence-corrected chi connectivity index (χ0v) is 7.62. The Hall–Kier alpha value is -1.09. The number of allylic oxidation sites excluding steroid dienone is 1. The third-order valence-electron chi connectivity index (χ3n) is 1.95. The Kier molecular flexibility index (Phi) is 3.05. The summed E-state index contributed by atoms with van der Waals surface area (Å²) in [7, 11) is 0. The van der Waals surface area contributed by atoms with Crippen LogP contribution in [0.1, 0.15) is 11.4 Å². The third kappa shape index (κ3) is 1.95. The molecule has 0 spiro atoms. The monoisotopic (exact) mass is 165 g/mol. The lowest BCUT2D eigenvalue weighted by molar-refractivity contribution is 0.787. The molecule has 1 aromatic heterocycles. The number of aromatic nitrogens is 2. The van der Waals surface area contributed by atoms with Gasteiger partial charge in [0.2, 0.25) is 0 Å². The number of hydrogen-bond donors (Lipinski definition) is 1. The van der Waals surface area contributed by atoms with Gasteiger partial charge in [0.25, 0.3) is 0 Å². The first kappa shape index (κ1) is 9.00. The molecule has 0 atom stereocenters. The number of imidazole rings is 1. The Morgan fingerprint density at radius 1 is 1.50 bits per heavy atom. The molecule has 0 bridgehead atoms. The standard InChI is InChI=1S/C9H15N3/c1-8-9(2)12(7-11-8)6-4-3-5-10/h3-4,7H,5-6,10H2,1-2H3/b4-3+. The minimum absolute atomic E-state index is 0.604. The molecule has 12 heavy (non-hydrogen) atoms. The van der Waals surface area contributed by atoms with Gasteiger partial charge < -0.3 is 10.3 Å². The quantitative estimate of drug-likeness (QED) is 0.679. The van der Waals surface area contributed by atoms with Gasteiger partial charge in [-0.3, -0.25) is 0 Å². The fraction of sp³-hybridized carbons (Fsp3) is 0.444. The van der Waals surface area contributed by atoms with Crippen LogP contribution in [0.4, 0.5) is 0 Å². The molecular weight excluding hydrogens is 150 g/mol. The summed E-state index contributed by atoms with van der Waals surface area (Å²) in [6.45, 7) is 5.55.